The number of aryl methyl sites for hydroxylation is 2. The lowest BCUT2D eigenvalue weighted by Crippen LogP contribution is -2.41. The number of ether oxygens (including phenoxy) is 1. The molecular formula is C22H31N5O2. The van der Waals surface area contributed by atoms with E-state index in [0.717, 1.165) is 43.3 Å². The fraction of sp³-hybridized carbons (Fsp3) is 0.500. The molecule has 1 aromatic heterocycles. The normalized spacial score (nSPS) is 19.4. The highest BCUT2D eigenvalue weighted by molar-refractivity contribution is 5.82. The van der Waals surface area contributed by atoms with Crippen molar-refractivity contribution in [2.24, 2.45) is 16.8 Å². The number of esters is 1. The second-order valence-electron chi connectivity index (χ2n) is 7.61. The average Bonchev–Trinajstić information content (AvgIpc) is 3.31. The van der Waals surface area contributed by atoms with E-state index in [2.05, 4.69) is 52.5 Å². The number of carbonyl (C=O) groups is 1. The average molecular weight is 398 g/mol. The van der Waals surface area contributed by atoms with Crippen LogP contribution in [-0.4, -0.2) is 60.4 Å². The molecular weight excluding hydrogens is 366 g/mol. The first kappa shape index (κ1) is 20.9. The number of methoxy groups -OCH3 is 1. The molecule has 1 aliphatic rings. The van der Waals surface area contributed by atoms with Gasteiger partial charge in [-0.1, -0.05) is 25.1 Å². The largest absolute Gasteiger partial charge is 0.469 e. The zero-order valence-corrected chi connectivity index (χ0v) is 17.8. The topological polar surface area (TPSA) is 71.8 Å². The molecule has 0 spiro atoms. The van der Waals surface area contributed by atoms with Crippen LogP contribution in [0.4, 0.5) is 0 Å². The zero-order chi connectivity index (χ0) is 20.8. The Morgan fingerprint density at radius 2 is 2.07 bits per heavy atom. The number of aliphatic imine (C=N–C) groups is 1. The van der Waals surface area contributed by atoms with Gasteiger partial charge in [-0.05, 0) is 43.4 Å². The van der Waals surface area contributed by atoms with E-state index in [1.165, 1.54) is 12.7 Å². The first-order chi connectivity index (χ1) is 14.0. The summed E-state index contributed by atoms with van der Waals surface area (Å²) < 4.78 is 6.87. The van der Waals surface area contributed by atoms with Crippen molar-refractivity contribution < 1.29 is 9.53 Å². The molecule has 0 radical (unpaired) electrons. The first-order valence-corrected chi connectivity index (χ1v) is 10.2. The van der Waals surface area contributed by atoms with Gasteiger partial charge in [0.15, 0.2) is 5.96 Å². The predicted molar refractivity (Wildman–Crippen MR) is 114 cm³/mol. The van der Waals surface area contributed by atoms with E-state index in [4.69, 9.17) is 4.74 Å². The number of hydrogen-bond acceptors (Lipinski definition) is 4. The lowest BCUT2D eigenvalue weighted by Gasteiger charge is -2.21. The highest BCUT2D eigenvalue weighted by Crippen LogP contribution is 2.24. The van der Waals surface area contributed by atoms with Crippen molar-refractivity contribution in [3.63, 3.8) is 0 Å². The van der Waals surface area contributed by atoms with E-state index in [9.17, 15) is 4.79 Å². The van der Waals surface area contributed by atoms with Crippen LogP contribution in [0, 0.1) is 18.8 Å². The Balaban J connectivity index is 1.50. The van der Waals surface area contributed by atoms with Gasteiger partial charge in [-0.25, -0.2) is 4.68 Å². The summed E-state index contributed by atoms with van der Waals surface area (Å²) in [6.45, 7) is 6.41. The highest BCUT2D eigenvalue weighted by Gasteiger charge is 2.36. The number of nitrogens with zero attached hydrogens (tertiary/aromatic N) is 4. The molecule has 29 heavy (non-hydrogen) atoms. The third kappa shape index (κ3) is 4.96. The minimum absolute atomic E-state index is 0.0926. The summed E-state index contributed by atoms with van der Waals surface area (Å²) in [5.41, 5.74) is 3.39. The Bertz CT molecular complexity index is 846. The highest BCUT2D eigenvalue weighted by atomic mass is 16.5. The van der Waals surface area contributed by atoms with E-state index >= 15 is 0 Å². The fourth-order valence-electron chi connectivity index (χ4n) is 3.86. The number of guanidine groups is 1. The van der Waals surface area contributed by atoms with Crippen LogP contribution >= 0.6 is 0 Å². The summed E-state index contributed by atoms with van der Waals surface area (Å²) in [7, 11) is 3.24. The number of nitrogens with one attached hydrogen (secondary N) is 1. The van der Waals surface area contributed by atoms with Gasteiger partial charge in [-0.3, -0.25) is 9.79 Å². The minimum Gasteiger partial charge on any atom is -0.469 e. The molecule has 7 nitrogen and oxygen atoms in total. The van der Waals surface area contributed by atoms with Crippen molar-refractivity contribution in [2.45, 2.75) is 26.7 Å². The molecule has 7 heteroatoms. The van der Waals surface area contributed by atoms with Gasteiger partial charge in [0.2, 0.25) is 0 Å². The van der Waals surface area contributed by atoms with E-state index < -0.39 is 0 Å². The molecule has 156 valence electrons. The Hall–Kier alpha value is -2.83. The van der Waals surface area contributed by atoms with Crippen LogP contribution in [0.5, 0.6) is 0 Å². The Kier molecular flexibility index (Phi) is 6.90. The summed E-state index contributed by atoms with van der Waals surface area (Å²) in [5, 5.41) is 8.07. The number of rotatable bonds is 6. The maximum Gasteiger partial charge on any atom is 0.310 e. The van der Waals surface area contributed by atoms with Crippen molar-refractivity contribution in [3.8, 4) is 5.69 Å². The quantitative estimate of drug-likeness (QED) is 0.351. The summed E-state index contributed by atoms with van der Waals surface area (Å²) in [6.07, 6.45) is 4.04. The molecule has 1 saturated heterocycles. The summed E-state index contributed by atoms with van der Waals surface area (Å²) in [4.78, 5) is 18.5. The molecule has 0 amide bonds. The molecule has 3 rings (SSSR count). The maximum atomic E-state index is 11.9. The van der Waals surface area contributed by atoms with Crippen molar-refractivity contribution in [1.82, 2.24) is 20.0 Å². The number of carbonyl (C=O) groups excluding carboxylic acids is 1. The SMILES string of the molecule is CN=C(NCCCc1cn(-c2ccccc2)nc1C)N1CC(C)C(C(=O)OC)C1. The third-order valence-corrected chi connectivity index (χ3v) is 5.55. The fourth-order valence-corrected chi connectivity index (χ4v) is 3.86. The van der Waals surface area contributed by atoms with Gasteiger partial charge in [-0.15, -0.1) is 0 Å². The summed E-state index contributed by atoms with van der Waals surface area (Å²) in [5.74, 6) is 0.874. The molecule has 1 N–H and O–H groups in total. The van der Waals surface area contributed by atoms with Crippen LogP contribution in [0.1, 0.15) is 24.6 Å². The Morgan fingerprint density at radius 3 is 2.76 bits per heavy atom. The van der Waals surface area contributed by atoms with E-state index in [1.54, 1.807) is 7.05 Å². The third-order valence-electron chi connectivity index (χ3n) is 5.55. The number of hydrogen-bond donors (Lipinski definition) is 1. The van der Waals surface area contributed by atoms with Crippen molar-refractivity contribution in [3.05, 3.63) is 47.8 Å². The smallest absolute Gasteiger partial charge is 0.310 e. The molecule has 1 fully saturated rings. The molecule has 1 aliphatic heterocycles. The standard InChI is InChI=1S/C22H31N5O2/c1-16-13-26(15-20(16)21(28)29-4)22(23-3)24-12-8-9-18-14-27(25-17(18)2)19-10-6-5-7-11-19/h5-7,10-11,14,16,20H,8-9,12-13,15H2,1-4H3,(H,23,24). The van der Waals surface area contributed by atoms with Crippen LogP contribution in [-0.2, 0) is 16.0 Å². The molecule has 2 atom stereocenters. The van der Waals surface area contributed by atoms with Crippen molar-refractivity contribution in [1.29, 1.82) is 0 Å². The van der Waals surface area contributed by atoms with E-state index in [1.807, 2.05) is 22.9 Å². The number of para-hydroxylation sites is 1. The van der Waals surface area contributed by atoms with Crippen molar-refractivity contribution in [2.75, 3.05) is 33.8 Å². The second-order valence-corrected chi connectivity index (χ2v) is 7.61. The van der Waals surface area contributed by atoms with Crippen molar-refractivity contribution >= 4 is 11.9 Å². The summed E-state index contributed by atoms with van der Waals surface area (Å²) in [6, 6.07) is 10.2. The Labute approximate surface area is 172 Å². The van der Waals surface area contributed by atoms with Gasteiger partial charge in [0.25, 0.3) is 0 Å². The number of aromatic nitrogens is 2. The van der Waals surface area contributed by atoms with Crippen LogP contribution in [0.3, 0.4) is 0 Å². The number of likely N-dealkylation sites (tertiary alicyclic amines) is 1. The van der Waals surface area contributed by atoms with Gasteiger partial charge in [0, 0.05) is 32.9 Å². The summed E-state index contributed by atoms with van der Waals surface area (Å²) >= 11 is 0. The molecule has 2 heterocycles. The molecule has 2 aromatic rings. The van der Waals surface area contributed by atoms with Crippen LogP contribution in [0.2, 0.25) is 0 Å². The molecule has 0 saturated carbocycles. The molecule has 0 bridgehead atoms. The van der Waals surface area contributed by atoms with Crippen LogP contribution in [0.15, 0.2) is 41.5 Å². The van der Waals surface area contributed by atoms with E-state index in [-0.39, 0.29) is 17.8 Å². The Morgan fingerprint density at radius 1 is 1.31 bits per heavy atom. The maximum absolute atomic E-state index is 11.9. The van der Waals surface area contributed by atoms with Crippen LogP contribution < -0.4 is 5.32 Å². The minimum atomic E-state index is -0.138. The molecule has 2 unspecified atom stereocenters. The molecule has 0 aliphatic carbocycles. The second kappa shape index (κ2) is 9.58. The molecule has 1 aromatic carbocycles. The zero-order valence-electron chi connectivity index (χ0n) is 17.8. The lowest BCUT2D eigenvalue weighted by molar-refractivity contribution is -0.145. The number of benzene rings is 1. The predicted octanol–water partition coefficient (Wildman–Crippen LogP) is 2.43. The van der Waals surface area contributed by atoms with E-state index in [0.29, 0.717) is 6.54 Å². The lowest BCUT2D eigenvalue weighted by atomic mass is 9.99. The van der Waals surface area contributed by atoms with Gasteiger partial charge < -0.3 is 15.0 Å². The van der Waals surface area contributed by atoms with Gasteiger partial charge in [-0.2, -0.15) is 5.10 Å². The monoisotopic (exact) mass is 397 g/mol. The van der Waals surface area contributed by atoms with Gasteiger partial charge >= 0.3 is 5.97 Å². The van der Waals surface area contributed by atoms with Gasteiger partial charge in [0.05, 0.1) is 24.4 Å². The van der Waals surface area contributed by atoms with Gasteiger partial charge in [0.1, 0.15) is 0 Å². The first-order valence-electron chi connectivity index (χ1n) is 10.2. The van der Waals surface area contributed by atoms with Crippen LogP contribution in [0.25, 0.3) is 5.69 Å².